The maximum atomic E-state index is 7.38. The molecule has 0 heterocycles. The summed E-state index contributed by atoms with van der Waals surface area (Å²) in [6, 6.07) is 0. The Labute approximate surface area is 87.8 Å². The average molecular weight is 187 g/mol. The van der Waals surface area contributed by atoms with E-state index in [2.05, 4.69) is 27.7 Å². The van der Waals surface area contributed by atoms with E-state index in [0.717, 1.165) is 6.42 Å². The molecule has 0 saturated heterocycles. The first kappa shape index (κ1) is 15.2. The Hall–Kier alpha value is -0.260. The monoisotopic (exact) mass is 187 g/mol. The standard InChI is InChI=1S/C7H14.C5H12.CH4/c1-4-5-6-7(2)3;1-5(2,3)4;/h4-5,7H,6H2,1-3H3;1-4H3;1H4/i7D;;. The van der Waals surface area contributed by atoms with Crippen LogP contribution in [0.25, 0.3) is 0 Å². The number of rotatable bonds is 2. The van der Waals surface area contributed by atoms with Crippen LogP contribution in [0.3, 0.4) is 0 Å². The molecule has 0 aliphatic heterocycles. The molecule has 0 saturated carbocycles. The first-order valence-electron chi connectivity index (χ1n) is 5.17. The average Bonchev–Trinajstić information content (AvgIpc) is 1.77. The number of hydrogen-bond acceptors (Lipinski definition) is 0. The normalized spacial score (nSPS) is 12.7. The smallest absolute Gasteiger partial charge is 0.0300 e. The van der Waals surface area contributed by atoms with Crippen molar-refractivity contribution in [2.75, 3.05) is 0 Å². The van der Waals surface area contributed by atoms with Crippen LogP contribution in [-0.4, -0.2) is 0 Å². The number of allylic oxidation sites excluding steroid dienone is 2. The van der Waals surface area contributed by atoms with Crippen molar-refractivity contribution in [3.05, 3.63) is 12.2 Å². The summed E-state index contributed by atoms with van der Waals surface area (Å²) in [5.41, 5.74) is 0.500. The molecule has 0 spiro atoms. The highest BCUT2D eigenvalue weighted by atomic mass is 14.0. The lowest BCUT2D eigenvalue weighted by atomic mass is 10.0. The molecule has 0 aliphatic rings. The van der Waals surface area contributed by atoms with Gasteiger partial charge in [0.25, 0.3) is 0 Å². The molecule has 0 heteroatoms. The van der Waals surface area contributed by atoms with E-state index in [4.69, 9.17) is 1.37 Å². The van der Waals surface area contributed by atoms with Crippen molar-refractivity contribution in [2.45, 2.75) is 62.3 Å². The highest BCUT2D eigenvalue weighted by Crippen LogP contribution is 2.08. The van der Waals surface area contributed by atoms with Gasteiger partial charge in [-0.05, 0) is 24.7 Å². The van der Waals surface area contributed by atoms with Crippen LogP contribution < -0.4 is 0 Å². The fraction of sp³-hybridized carbons (Fsp3) is 0.846. The molecule has 0 rings (SSSR count). The molecule has 0 radical (unpaired) electrons. The van der Waals surface area contributed by atoms with Gasteiger partial charge < -0.3 is 0 Å². The van der Waals surface area contributed by atoms with Crippen LogP contribution in [0, 0.1) is 11.3 Å². The molecule has 0 nitrogen and oxygen atoms in total. The molecule has 0 aromatic heterocycles. The van der Waals surface area contributed by atoms with Crippen molar-refractivity contribution < 1.29 is 1.37 Å². The largest absolute Gasteiger partial charge is 0.0917 e. The third kappa shape index (κ3) is 79.6. The van der Waals surface area contributed by atoms with E-state index >= 15 is 0 Å². The zero-order valence-electron chi connectivity index (χ0n) is 10.9. The van der Waals surface area contributed by atoms with Gasteiger partial charge in [-0.3, -0.25) is 0 Å². The molecule has 0 N–H and O–H groups in total. The Morgan fingerprint density at radius 1 is 1.23 bits per heavy atom. The first-order chi connectivity index (χ1) is 5.56. The topological polar surface area (TPSA) is 0 Å². The van der Waals surface area contributed by atoms with Crippen LogP contribution in [0.1, 0.15) is 63.7 Å². The zero-order valence-corrected chi connectivity index (χ0v) is 9.86. The second kappa shape index (κ2) is 9.83. The van der Waals surface area contributed by atoms with Gasteiger partial charge in [-0.25, -0.2) is 0 Å². The fourth-order valence-corrected chi connectivity index (χ4v) is 0.354. The highest BCUT2D eigenvalue weighted by Gasteiger charge is 1.95. The van der Waals surface area contributed by atoms with Crippen LogP contribution in [0.2, 0.25) is 0 Å². The van der Waals surface area contributed by atoms with Crippen molar-refractivity contribution in [1.82, 2.24) is 0 Å². The summed E-state index contributed by atoms with van der Waals surface area (Å²) in [4.78, 5) is 0. The van der Waals surface area contributed by atoms with E-state index < -0.39 is 0 Å². The summed E-state index contributed by atoms with van der Waals surface area (Å²) < 4.78 is 7.38. The van der Waals surface area contributed by atoms with E-state index in [1.54, 1.807) is 0 Å². The fourth-order valence-electron chi connectivity index (χ4n) is 0.354. The minimum Gasteiger partial charge on any atom is -0.0917 e. The molecule has 0 fully saturated rings. The Morgan fingerprint density at radius 3 is 1.62 bits per heavy atom. The number of hydrogen-bond donors (Lipinski definition) is 0. The minimum absolute atomic E-state index is 0. The molecule has 0 amide bonds. The Morgan fingerprint density at radius 2 is 1.54 bits per heavy atom. The SMILES string of the molecule is C.CC(C)(C)C.[2H]C(C)(C)CC=CC. The molecular weight excluding hydrogens is 156 g/mol. The van der Waals surface area contributed by atoms with Crippen LogP contribution in [0.15, 0.2) is 12.2 Å². The van der Waals surface area contributed by atoms with Gasteiger partial charge in [0, 0.05) is 1.37 Å². The van der Waals surface area contributed by atoms with Crippen molar-refractivity contribution >= 4 is 0 Å². The zero-order chi connectivity index (χ0) is 11.1. The van der Waals surface area contributed by atoms with Gasteiger partial charge in [0.15, 0.2) is 0 Å². The summed E-state index contributed by atoms with van der Waals surface area (Å²) in [6.45, 7) is 14.5. The molecule has 0 aromatic carbocycles. The molecule has 0 atom stereocenters. The van der Waals surface area contributed by atoms with Crippen LogP contribution in [0.4, 0.5) is 0 Å². The highest BCUT2D eigenvalue weighted by molar-refractivity contribution is 4.77. The third-order valence-corrected chi connectivity index (χ3v) is 0.762. The van der Waals surface area contributed by atoms with Crippen molar-refractivity contribution in [2.24, 2.45) is 11.3 Å². The predicted octanol–water partition coefficient (Wildman–Crippen LogP) is 5.30. The van der Waals surface area contributed by atoms with Gasteiger partial charge >= 0.3 is 0 Å². The van der Waals surface area contributed by atoms with Gasteiger partial charge in [0.1, 0.15) is 0 Å². The summed E-state index contributed by atoms with van der Waals surface area (Å²) in [6.07, 6.45) is 4.85. The Bertz CT molecular complexity index is 126. The van der Waals surface area contributed by atoms with Gasteiger partial charge in [0.2, 0.25) is 0 Å². The summed E-state index contributed by atoms with van der Waals surface area (Å²) in [5.74, 6) is -0.285. The van der Waals surface area contributed by atoms with E-state index in [1.807, 2.05) is 32.9 Å². The van der Waals surface area contributed by atoms with Crippen molar-refractivity contribution in [1.29, 1.82) is 0 Å². The first-order valence-corrected chi connectivity index (χ1v) is 4.67. The Balaban J connectivity index is -0.000000177. The van der Waals surface area contributed by atoms with E-state index in [9.17, 15) is 0 Å². The molecule has 0 bridgehead atoms. The maximum Gasteiger partial charge on any atom is 0.0300 e. The van der Waals surface area contributed by atoms with E-state index in [1.165, 1.54) is 0 Å². The summed E-state index contributed by atoms with van der Waals surface area (Å²) in [7, 11) is 0. The lowest BCUT2D eigenvalue weighted by molar-refractivity contribution is 0.469. The molecule has 0 aliphatic carbocycles. The molecular formula is C13H30. The molecule has 82 valence electrons. The lowest BCUT2D eigenvalue weighted by Gasteiger charge is -2.05. The van der Waals surface area contributed by atoms with Crippen molar-refractivity contribution in [3.8, 4) is 0 Å². The van der Waals surface area contributed by atoms with E-state index in [0.29, 0.717) is 5.41 Å². The minimum atomic E-state index is -0.285. The van der Waals surface area contributed by atoms with Crippen LogP contribution >= 0.6 is 0 Å². The lowest BCUT2D eigenvalue weighted by Crippen LogP contribution is -1.93. The third-order valence-electron chi connectivity index (χ3n) is 0.762. The Kier molecular flexibility index (Phi) is 11.5. The molecule has 0 aromatic rings. The van der Waals surface area contributed by atoms with Crippen LogP contribution in [0.5, 0.6) is 0 Å². The summed E-state index contributed by atoms with van der Waals surface area (Å²) >= 11 is 0. The van der Waals surface area contributed by atoms with Gasteiger partial charge in [-0.15, -0.1) is 0 Å². The molecule has 0 unspecified atom stereocenters. The molecule has 13 heavy (non-hydrogen) atoms. The van der Waals surface area contributed by atoms with E-state index in [-0.39, 0.29) is 13.3 Å². The van der Waals surface area contributed by atoms with Gasteiger partial charge in [-0.1, -0.05) is 61.1 Å². The van der Waals surface area contributed by atoms with Gasteiger partial charge in [0.05, 0.1) is 0 Å². The van der Waals surface area contributed by atoms with Crippen molar-refractivity contribution in [3.63, 3.8) is 0 Å². The second-order valence-electron chi connectivity index (χ2n) is 4.98. The maximum absolute atomic E-state index is 7.38. The summed E-state index contributed by atoms with van der Waals surface area (Å²) in [5, 5.41) is 0. The van der Waals surface area contributed by atoms with Crippen LogP contribution in [-0.2, 0) is 0 Å². The predicted molar refractivity (Wildman–Crippen MR) is 66.1 cm³/mol. The quantitative estimate of drug-likeness (QED) is 0.515. The second-order valence-corrected chi connectivity index (χ2v) is 4.98. The van der Waals surface area contributed by atoms with Gasteiger partial charge in [-0.2, -0.15) is 0 Å².